The molecule has 0 spiro atoms. The van der Waals surface area contributed by atoms with Gasteiger partial charge in [0.15, 0.2) is 0 Å². The first-order chi connectivity index (χ1) is 15.3. The molecule has 1 aliphatic rings. The van der Waals surface area contributed by atoms with Gasteiger partial charge in [0, 0.05) is 35.8 Å². The molecule has 4 nitrogen and oxygen atoms in total. The third-order valence-corrected chi connectivity index (χ3v) is 7.54. The maximum absolute atomic E-state index is 14.6. The monoisotopic (exact) mass is 482 g/mol. The van der Waals surface area contributed by atoms with Crippen LogP contribution in [0.3, 0.4) is 0 Å². The molecule has 0 atom stereocenters. The smallest absolute Gasteiger partial charge is 0.347 e. The van der Waals surface area contributed by atoms with Crippen LogP contribution in [-0.2, 0) is 29.3 Å². The van der Waals surface area contributed by atoms with Crippen LogP contribution in [0.15, 0.2) is 42.6 Å². The summed E-state index contributed by atoms with van der Waals surface area (Å²) in [5, 5.41) is 0.361. The Hall–Kier alpha value is -2.39. The maximum Gasteiger partial charge on any atom is 0.417 e. The molecule has 0 saturated heterocycles. The van der Waals surface area contributed by atoms with Gasteiger partial charge < -0.3 is 4.57 Å². The third-order valence-electron chi connectivity index (χ3n) is 5.64. The number of halogens is 4. The van der Waals surface area contributed by atoms with Gasteiger partial charge in [-0.1, -0.05) is 39.0 Å². The zero-order chi connectivity index (χ0) is 24.2. The predicted molar refractivity (Wildman–Crippen MR) is 121 cm³/mol. The Morgan fingerprint density at radius 3 is 2.39 bits per heavy atom. The van der Waals surface area contributed by atoms with Crippen LogP contribution in [-0.4, -0.2) is 18.2 Å². The van der Waals surface area contributed by atoms with Crippen molar-refractivity contribution in [3.63, 3.8) is 0 Å². The maximum atomic E-state index is 14.6. The Kier molecular flexibility index (Phi) is 5.85. The molecule has 0 radical (unpaired) electrons. The van der Waals surface area contributed by atoms with Crippen molar-refractivity contribution in [1.29, 1.82) is 0 Å². The van der Waals surface area contributed by atoms with Crippen LogP contribution in [0.4, 0.5) is 17.6 Å². The van der Waals surface area contributed by atoms with Gasteiger partial charge in [-0.25, -0.2) is 17.5 Å². The Labute approximate surface area is 190 Å². The van der Waals surface area contributed by atoms with Gasteiger partial charge in [-0.15, -0.1) is 0 Å². The first kappa shape index (κ1) is 23.8. The van der Waals surface area contributed by atoms with Crippen molar-refractivity contribution >= 4 is 20.9 Å². The van der Waals surface area contributed by atoms with E-state index in [9.17, 15) is 26.0 Å². The second-order valence-corrected chi connectivity index (χ2v) is 11.8. The summed E-state index contributed by atoms with van der Waals surface area (Å²) in [5.41, 5.74) is -0.220. The number of fused-ring (bicyclic) bond motifs is 1. The molecule has 0 bridgehead atoms. The fourth-order valence-corrected chi connectivity index (χ4v) is 5.38. The van der Waals surface area contributed by atoms with Crippen molar-refractivity contribution in [2.45, 2.75) is 58.1 Å². The molecule has 0 aliphatic heterocycles. The standard InChI is InChI=1S/C24H26F4N2O2S/c1-23(2,3)14-30-13-16(12-29-33(31,32)17-8-9-17)18-10-7-15(11-21(18)30)22-19(24(26,27)28)5-4-6-20(22)25/h4-7,10-11,13,17,29H,8-9,12,14H2,1-3H3. The van der Waals surface area contributed by atoms with Crippen LogP contribution >= 0.6 is 0 Å². The number of aromatic nitrogens is 1. The van der Waals surface area contributed by atoms with E-state index in [4.69, 9.17) is 0 Å². The Morgan fingerprint density at radius 1 is 1.09 bits per heavy atom. The molecular weight excluding hydrogens is 456 g/mol. The van der Waals surface area contributed by atoms with Crippen molar-refractivity contribution in [1.82, 2.24) is 9.29 Å². The molecule has 33 heavy (non-hydrogen) atoms. The van der Waals surface area contributed by atoms with Crippen molar-refractivity contribution in [2.24, 2.45) is 5.41 Å². The quantitative estimate of drug-likeness (QED) is 0.432. The first-order valence-electron chi connectivity index (χ1n) is 10.7. The fraction of sp³-hybridized carbons (Fsp3) is 0.417. The number of nitrogens with zero attached hydrogens (tertiary/aromatic N) is 1. The number of hydrogen-bond acceptors (Lipinski definition) is 2. The highest BCUT2D eigenvalue weighted by Crippen LogP contribution is 2.40. The van der Waals surface area contributed by atoms with E-state index < -0.39 is 33.1 Å². The lowest BCUT2D eigenvalue weighted by atomic mass is 9.96. The van der Waals surface area contributed by atoms with Crippen LogP contribution in [0.25, 0.3) is 22.0 Å². The van der Waals surface area contributed by atoms with Gasteiger partial charge in [-0.3, -0.25) is 0 Å². The Balaban J connectivity index is 1.82. The lowest BCUT2D eigenvalue weighted by Crippen LogP contribution is -2.26. The summed E-state index contributed by atoms with van der Waals surface area (Å²) >= 11 is 0. The highest BCUT2D eigenvalue weighted by atomic mass is 32.2. The zero-order valence-electron chi connectivity index (χ0n) is 18.6. The minimum Gasteiger partial charge on any atom is -0.347 e. The van der Waals surface area contributed by atoms with Gasteiger partial charge >= 0.3 is 6.18 Å². The molecule has 1 N–H and O–H groups in total. The van der Waals surface area contributed by atoms with Gasteiger partial charge in [-0.2, -0.15) is 13.2 Å². The lowest BCUT2D eigenvalue weighted by molar-refractivity contribution is -0.137. The van der Waals surface area contributed by atoms with Crippen LogP contribution in [0.5, 0.6) is 0 Å². The number of hydrogen-bond donors (Lipinski definition) is 1. The van der Waals surface area contributed by atoms with E-state index in [2.05, 4.69) is 4.72 Å². The van der Waals surface area contributed by atoms with Crippen molar-refractivity contribution in [2.75, 3.05) is 0 Å². The highest BCUT2D eigenvalue weighted by molar-refractivity contribution is 7.90. The molecule has 3 aromatic rings. The molecule has 0 unspecified atom stereocenters. The molecule has 1 aliphatic carbocycles. The summed E-state index contributed by atoms with van der Waals surface area (Å²) in [6.07, 6.45) is -1.59. The number of benzene rings is 2. The molecule has 4 rings (SSSR count). The van der Waals surface area contributed by atoms with Gasteiger partial charge in [-0.05, 0) is 47.6 Å². The summed E-state index contributed by atoms with van der Waals surface area (Å²) < 4.78 is 84.4. The van der Waals surface area contributed by atoms with E-state index in [0.717, 1.165) is 23.8 Å². The SMILES string of the molecule is CC(C)(C)Cn1cc(CNS(=O)(=O)C2CC2)c2ccc(-c3c(F)cccc3C(F)(F)F)cc21. The zero-order valence-corrected chi connectivity index (χ0v) is 19.4. The average molecular weight is 483 g/mol. The molecule has 1 heterocycles. The first-order valence-corrected chi connectivity index (χ1v) is 12.3. The van der Waals surface area contributed by atoms with Gasteiger partial charge in [0.1, 0.15) is 5.82 Å². The van der Waals surface area contributed by atoms with Gasteiger partial charge in [0.2, 0.25) is 10.0 Å². The molecule has 2 aromatic carbocycles. The molecule has 1 fully saturated rings. The second-order valence-electron chi connectivity index (χ2n) is 9.80. The second kappa shape index (κ2) is 8.13. The summed E-state index contributed by atoms with van der Waals surface area (Å²) in [7, 11) is -3.39. The lowest BCUT2D eigenvalue weighted by Gasteiger charge is -2.20. The molecule has 178 valence electrons. The summed E-state index contributed by atoms with van der Waals surface area (Å²) in [5.74, 6) is -0.949. The fourth-order valence-electron chi connectivity index (χ4n) is 4.03. The van der Waals surface area contributed by atoms with E-state index >= 15 is 0 Å². The summed E-state index contributed by atoms with van der Waals surface area (Å²) in [6.45, 7) is 6.70. The van der Waals surface area contributed by atoms with Crippen LogP contribution < -0.4 is 4.72 Å². The molecule has 1 aromatic heterocycles. The highest BCUT2D eigenvalue weighted by Gasteiger charge is 2.36. The Bertz CT molecular complexity index is 1300. The molecular formula is C24H26F4N2O2S. The molecule has 9 heteroatoms. The summed E-state index contributed by atoms with van der Waals surface area (Å²) in [6, 6.07) is 7.57. The van der Waals surface area contributed by atoms with E-state index in [1.807, 2.05) is 31.5 Å². The van der Waals surface area contributed by atoms with E-state index in [1.54, 1.807) is 12.1 Å². The third kappa shape index (κ3) is 5.09. The number of nitrogens with one attached hydrogen (secondary N) is 1. The average Bonchev–Trinajstić information content (AvgIpc) is 3.50. The number of rotatable bonds is 6. The topological polar surface area (TPSA) is 51.1 Å². The normalized spacial score (nSPS) is 15.4. The van der Waals surface area contributed by atoms with E-state index in [0.29, 0.717) is 30.3 Å². The summed E-state index contributed by atoms with van der Waals surface area (Å²) in [4.78, 5) is 0. The molecule has 0 amide bonds. The largest absolute Gasteiger partial charge is 0.417 e. The van der Waals surface area contributed by atoms with Gasteiger partial charge in [0.25, 0.3) is 0 Å². The van der Waals surface area contributed by atoms with Crippen molar-refractivity contribution in [3.8, 4) is 11.1 Å². The van der Waals surface area contributed by atoms with Gasteiger partial charge in [0.05, 0.1) is 10.8 Å². The predicted octanol–water partition coefficient (Wildman–Crippen LogP) is 6.09. The van der Waals surface area contributed by atoms with Crippen molar-refractivity contribution in [3.05, 3.63) is 59.5 Å². The number of sulfonamides is 1. The minimum atomic E-state index is -4.70. The van der Waals surface area contributed by atoms with Crippen LogP contribution in [0.1, 0.15) is 44.7 Å². The van der Waals surface area contributed by atoms with Crippen LogP contribution in [0, 0.1) is 11.2 Å². The number of alkyl halides is 3. The van der Waals surface area contributed by atoms with Crippen molar-refractivity contribution < 1.29 is 26.0 Å². The van der Waals surface area contributed by atoms with Crippen LogP contribution in [0.2, 0.25) is 0 Å². The molecule has 1 saturated carbocycles. The van der Waals surface area contributed by atoms with E-state index in [-0.39, 0.29) is 22.8 Å². The van der Waals surface area contributed by atoms with E-state index in [1.165, 1.54) is 6.07 Å². The minimum absolute atomic E-state index is 0.0827. The Morgan fingerprint density at radius 2 is 1.79 bits per heavy atom.